The van der Waals surface area contributed by atoms with Gasteiger partial charge in [-0.25, -0.2) is 14.5 Å². The molecule has 0 bridgehead atoms. The minimum absolute atomic E-state index is 0.0205. The lowest BCUT2D eigenvalue weighted by Gasteiger charge is -2.31. The molecule has 0 aliphatic heterocycles. The number of nitrogens with zero attached hydrogens (tertiary/aromatic N) is 1. The highest BCUT2D eigenvalue weighted by molar-refractivity contribution is 5.99. The van der Waals surface area contributed by atoms with Crippen molar-refractivity contribution >= 4 is 23.9 Å². The van der Waals surface area contributed by atoms with Gasteiger partial charge in [-0.1, -0.05) is 13.8 Å². The lowest BCUT2D eigenvalue weighted by Crippen LogP contribution is -2.56. The Balaban J connectivity index is 5.71. The van der Waals surface area contributed by atoms with Crippen LogP contribution in [0.3, 0.4) is 0 Å². The zero-order valence-electron chi connectivity index (χ0n) is 14.6. The van der Waals surface area contributed by atoms with Gasteiger partial charge in [0.2, 0.25) is 5.91 Å². The van der Waals surface area contributed by atoms with E-state index < -0.39 is 48.0 Å². The van der Waals surface area contributed by atoms with Crippen LogP contribution in [0.15, 0.2) is 0 Å². The maximum Gasteiger partial charge on any atom is 0.417 e. The van der Waals surface area contributed by atoms with Gasteiger partial charge in [0, 0.05) is 0 Å². The molecule has 24 heavy (non-hydrogen) atoms. The van der Waals surface area contributed by atoms with E-state index in [1.54, 1.807) is 13.8 Å². The van der Waals surface area contributed by atoms with Crippen molar-refractivity contribution in [2.75, 3.05) is 0 Å². The number of ether oxygens (including phenoxy) is 1. The number of aliphatic carboxylic acids is 2. The molecule has 0 fully saturated rings. The van der Waals surface area contributed by atoms with Crippen molar-refractivity contribution < 1.29 is 34.1 Å². The molecule has 2 atom stereocenters. The molecular weight excluding hydrogens is 320 g/mol. The highest BCUT2D eigenvalue weighted by Crippen LogP contribution is 2.17. The molecule has 0 saturated carbocycles. The van der Waals surface area contributed by atoms with Crippen molar-refractivity contribution in [2.24, 2.45) is 11.7 Å². The van der Waals surface area contributed by atoms with Crippen LogP contribution in [0, 0.1) is 5.92 Å². The number of hydrogen-bond acceptors (Lipinski definition) is 6. The number of carboxylic acids is 2. The first-order valence-electron chi connectivity index (χ1n) is 7.52. The Labute approximate surface area is 140 Å². The van der Waals surface area contributed by atoms with Gasteiger partial charge in [-0.2, -0.15) is 0 Å². The summed E-state index contributed by atoms with van der Waals surface area (Å²) in [6.45, 7) is 8.21. The Morgan fingerprint density at radius 3 is 1.96 bits per heavy atom. The van der Waals surface area contributed by atoms with E-state index in [1.165, 1.54) is 20.8 Å². The van der Waals surface area contributed by atoms with Crippen molar-refractivity contribution in [3.8, 4) is 0 Å². The lowest BCUT2D eigenvalue weighted by atomic mass is 10.0. The van der Waals surface area contributed by atoms with E-state index in [0.29, 0.717) is 4.90 Å². The van der Waals surface area contributed by atoms with Crippen LogP contribution in [0.25, 0.3) is 0 Å². The third-order valence-corrected chi connectivity index (χ3v) is 2.83. The Kier molecular flexibility index (Phi) is 7.85. The Morgan fingerprint density at radius 1 is 1.12 bits per heavy atom. The van der Waals surface area contributed by atoms with Crippen molar-refractivity contribution in [2.45, 2.75) is 65.1 Å². The third-order valence-electron chi connectivity index (χ3n) is 2.83. The van der Waals surface area contributed by atoms with Crippen molar-refractivity contribution in [3.63, 3.8) is 0 Å². The third kappa shape index (κ3) is 7.40. The van der Waals surface area contributed by atoms with E-state index >= 15 is 0 Å². The van der Waals surface area contributed by atoms with Crippen molar-refractivity contribution in [1.82, 2.24) is 4.90 Å². The molecule has 9 heteroatoms. The molecule has 2 amide bonds. The quantitative estimate of drug-likeness (QED) is 0.619. The zero-order chi connectivity index (χ0) is 19.2. The van der Waals surface area contributed by atoms with Crippen molar-refractivity contribution in [1.29, 1.82) is 0 Å². The molecule has 0 rings (SSSR count). The molecule has 0 heterocycles. The van der Waals surface area contributed by atoms with E-state index in [0.717, 1.165) is 0 Å². The van der Waals surface area contributed by atoms with Crippen LogP contribution in [0.4, 0.5) is 4.79 Å². The summed E-state index contributed by atoms with van der Waals surface area (Å²) in [5.41, 5.74) is 4.75. The highest BCUT2D eigenvalue weighted by Gasteiger charge is 2.40. The fourth-order valence-electron chi connectivity index (χ4n) is 1.92. The summed E-state index contributed by atoms with van der Waals surface area (Å²) in [6.07, 6.45) is -1.98. The molecule has 0 aromatic carbocycles. The largest absolute Gasteiger partial charge is 0.481 e. The van der Waals surface area contributed by atoms with E-state index in [2.05, 4.69) is 0 Å². The summed E-state index contributed by atoms with van der Waals surface area (Å²) >= 11 is 0. The van der Waals surface area contributed by atoms with Gasteiger partial charge in [0.1, 0.15) is 5.60 Å². The van der Waals surface area contributed by atoms with E-state index in [9.17, 15) is 24.3 Å². The number of hydrogen-bond donors (Lipinski definition) is 3. The summed E-state index contributed by atoms with van der Waals surface area (Å²) in [5.74, 6) is -4.06. The van der Waals surface area contributed by atoms with E-state index in [1.807, 2.05) is 0 Å². The predicted molar refractivity (Wildman–Crippen MR) is 84.2 cm³/mol. The van der Waals surface area contributed by atoms with Crippen LogP contribution in [0.1, 0.15) is 47.5 Å². The molecule has 138 valence electrons. The molecule has 0 unspecified atom stereocenters. The first-order chi connectivity index (χ1) is 10.8. The molecule has 0 aliphatic carbocycles. The van der Waals surface area contributed by atoms with Crippen molar-refractivity contribution in [3.05, 3.63) is 0 Å². The number of imide groups is 1. The molecule has 4 N–H and O–H groups in total. The molecule has 0 aromatic rings. The second-order valence-electron chi connectivity index (χ2n) is 6.88. The number of carbonyl (C=O) groups excluding carboxylic acids is 2. The summed E-state index contributed by atoms with van der Waals surface area (Å²) < 4.78 is 5.04. The number of amides is 2. The van der Waals surface area contributed by atoms with Gasteiger partial charge in [0.15, 0.2) is 6.04 Å². The highest BCUT2D eigenvalue weighted by atomic mass is 16.6. The lowest BCUT2D eigenvalue weighted by molar-refractivity contribution is -0.154. The molecule has 0 spiro atoms. The Hall–Kier alpha value is -2.16. The Morgan fingerprint density at radius 2 is 1.62 bits per heavy atom. The molecule has 0 radical (unpaired) electrons. The predicted octanol–water partition coefficient (Wildman–Crippen LogP) is 1.05. The first-order valence-corrected chi connectivity index (χ1v) is 7.52. The fraction of sp³-hybridized carbons (Fsp3) is 0.733. The SMILES string of the molecule is CC(C)C[C@H](N)C(=O)N(C(=O)OC(C)(C)C)[C@@H](CC(=O)O)C(=O)O. The Bertz CT molecular complexity index is 497. The fourth-order valence-corrected chi connectivity index (χ4v) is 1.92. The average molecular weight is 346 g/mol. The van der Waals surface area contributed by atoms with Gasteiger partial charge < -0.3 is 20.7 Å². The van der Waals surface area contributed by atoms with Crippen LogP contribution >= 0.6 is 0 Å². The normalized spacial score (nSPS) is 14.0. The maximum atomic E-state index is 12.5. The summed E-state index contributed by atoms with van der Waals surface area (Å²) in [7, 11) is 0. The first kappa shape index (κ1) is 21.8. The topological polar surface area (TPSA) is 147 Å². The van der Waals surface area contributed by atoms with Crippen LogP contribution < -0.4 is 5.73 Å². The van der Waals surface area contributed by atoms with Crippen LogP contribution in [-0.4, -0.2) is 56.7 Å². The number of carboxylic acid groups (broad SMARTS) is 2. The number of rotatable bonds is 7. The van der Waals surface area contributed by atoms with Gasteiger partial charge in [-0.05, 0) is 33.1 Å². The molecule has 9 nitrogen and oxygen atoms in total. The number of nitrogens with two attached hydrogens (primary N) is 1. The second kappa shape index (κ2) is 8.62. The zero-order valence-corrected chi connectivity index (χ0v) is 14.6. The second-order valence-corrected chi connectivity index (χ2v) is 6.88. The minimum Gasteiger partial charge on any atom is -0.481 e. The van der Waals surface area contributed by atoms with Gasteiger partial charge >= 0.3 is 18.0 Å². The van der Waals surface area contributed by atoms with Gasteiger partial charge in [-0.3, -0.25) is 9.59 Å². The summed E-state index contributed by atoms with van der Waals surface area (Å²) in [4.78, 5) is 47.4. The van der Waals surface area contributed by atoms with Gasteiger partial charge in [0.05, 0.1) is 12.5 Å². The van der Waals surface area contributed by atoms with Gasteiger partial charge in [0.25, 0.3) is 0 Å². The summed E-state index contributed by atoms with van der Waals surface area (Å²) in [6, 6.07) is -3.05. The van der Waals surface area contributed by atoms with Crippen LogP contribution in [0.5, 0.6) is 0 Å². The maximum absolute atomic E-state index is 12.5. The molecule has 0 aromatic heterocycles. The van der Waals surface area contributed by atoms with E-state index in [4.69, 9.17) is 15.6 Å². The molecular formula is C15H26N2O7. The monoisotopic (exact) mass is 346 g/mol. The molecule has 0 aliphatic rings. The minimum atomic E-state index is -1.90. The van der Waals surface area contributed by atoms with Crippen LogP contribution in [0.2, 0.25) is 0 Å². The summed E-state index contributed by atoms with van der Waals surface area (Å²) in [5, 5.41) is 18.1. The van der Waals surface area contributed by atoms with Crippen LogP contribution in [-0.2, 0) is 19.1 Å². The molecule has 0 saturated heterocycles. The standard InChI is InChI=1S/C15H26N2O7/c1-8(2)6-9(16)12(20)17(14(23)24-15(3,4)5)10(13(21)22)7-11(18)19/h8-10H,6-7,16H2,1-5H3,(H,18,19)(H,21,22)/t9-,10-/m0/s1. The van der Waals surface area contributed by atoms with E-state index in [-0.39, 0.29) is 12.3 Å². The van der Waals surface area contributed by atoms with Gasteiger partial charge in [-0.15, -0.1) is 0 Å². The average Bonchev–Trinajstić information content (AvgIpc) is 2.33. The number of carbonyl (C=O) groups is 4. The smallest absolute Gasteiger partial charge is 0.417 e.